The number of piperidine rings is 1. The van der Waals surface area contributed by atoms with Gasteiger partial charge in [0.1, 0.15) is 11.8 Å². The van der Waals surface area contributed by atoms with E-state index in [2.05, 4.69) is 4.90 Å². The van der Waals surface area contributed by atoms with Gasteiger partial charge in [-0.1, -0.05) is 0 Å². The van der Waals surface area contributed by atoms with Gasteiger partial charge in [0.2, 0.25) is 0 Å². The Hall–Kier alpha value is -1.49. The van der Waals surface area contributed by atoms with Crippen LogP contribution in [0.3, 0.4) is 0 Å². The van der Waals surface area contributed by atoms with Gasteiger partial charge >= 0.3 is 5.97 Å². The van der Waals surface area contributed by atoms with Crippen LogP contribution in [0, 0.1) is 0 Å². The predicted octanol–water partition coefficient (Wildman–Crippen LogP) is 1.22. The first-order valence-electron chi connectivity index (χ1n) is 5.99. The van der Waals surface area contributed by atoms with Gasteiger partial charge < -0.3 is 20.2 Å². The quantitative estimate of drug-likeness (QED) is 0.824. The van der Waals surface area contributed by atoms with Gasteiger partial charge in [0.25, 0.3) is 0 Å². The number of carboxylic acid groups (broad SMARTS) is 1. The molecule has 0 radical (unpaired) electrons. The number of aliphatic carboxylic acids is 1. The molecule has 1 aromatic rings. The fraction of sp³-hybridized carbons (Fsp3) is 0.583. The Morgan fingerprint density at radius 3 is 2.76 bits per heavy atom. The zero-order valence-electron chi connectivity index (χ0n) is 9.76. The van der Waals surface area contributed by atoms with E-state index in [0.29, 0.717) is 5.76 Å². The molecule has 94 valence electrons. The summed E-state index contributed by atoms with van der Waals surface area (Å²) in [5.74, 6) is 0.471. The Morgan fingerprint density at radius 1 is 1.41 bits per heavy atom. The molecule has 17 heavy (non-hydrogen) atoms. The minimum Gasteiger partial charge on any atom is -0.480 e. The Kier molecular flexibility index (Phi) is 3.68. The molecule has 1 atom stereocenters. The number of furan rings is 1. The van der Waals surface area contributed by atoms with Crippen molar-refractivity contribution in [2.45, 2.75) is 31.7 Å². The molecule has 1 aliphatic heterocycles. The molecule has 0 unspecified atom stereocenters. The summed E-state index contributed by atoms with van der Waals surface area (Å²) in [6, 6.07) is 2.82. The van der Waals surface area contributed by atoms with E-state index in [0.717, 1.165) is 19.0 Å². The highest BCUT2D eigenvalue weighted by Gasteiger charge is 2.17. The fourth-order valence-electron chi connectivity index (χ4n) is 2.06. The van der Waals surface area contributed by atoms with E-state index in [-0.39, 0.29) is 6.42 Å². The van der Waals surface area contributed by atoms with Gasteiger partial charge in [0.15, 0.2) is 5.88 Å². The van der Waals surface area contributed by atoms with Gasteiger partial charge in [-0.25, -0.2) is 0 Å². The number of anilines is 1. The first-order chi connectivity index (χ1) is 8.16. The molecule has 0 saturated carbocycles. The van der Waals surface area contributed by atoms with Crippen molar-refractivity contribution in [1.29, 1.82) is 0 Å². The summed E-state index contributed by atoms with van der Waals surface area (Å²) >= 11 is 0. The maximum absolute atomic E-state index is 10.6. The van der Waals surface area contributed by atoms with Gasteiger partial charge in [-0.15, -0.1) is 0 Å². The van der Waals surface area contributed by atoms with Crippen LogP contribution in [0.2, 0.25) is 0 Å². The van der Waals surface area contributed by atoms with E-state index < -0.39 is 12.0 Å². The topological polar surface area (TPSA) is 79.7 Å². The minimum atomic E-state index is -0.999. The molecule has 1 aromatic heterocycles. The van der Waals surface area contributed by atoms with Crippen molar-refractivity contribution in [3.8, 4) is 0 Å². The fourth-order valence-corrected chi connectivity index (χ4v) is 2.06. The second-order valence-corrected chi connectivity index (χ2v) is 4.44. The SMILES string of the molecule is N[C@H](Cc1ccc(N2CCCCC2)o1)C(=O)O. The lowest BCUT2D eigenvalue weighted by Gasteiger charge is -2.26. The monoisotopic (exact) mass is 238 g/mol. The first kappa shape index (κ1) is 12.0. The molecule has 3 N–H and O–H groups in total. The molecule has 0 aromatic carbocycles. The number of nitrogens with zero attached hydrogens (tertiary/aromatic N) is 1. The molecular weight excluding hydrogens is 220 g/mol. The second kappa shape index (κ2) is 5.23. The van der Waals surface area contributed by atoms with Crippen molar-refractivity contribution in [3.63, 3.8) is 0 Å². The van der Waals surface area contributed by atoms with Crippen molar-refractivity contribution < 1.29 is 14.3 Å². The molecule has 1 fully saturated rings. The van der Waals surface area contributed by atoms with Crippen LogP contribution in [-0.2, 0) is 11.2 Å². The lowest BCUT2D eigenvalue weighted by atomic mass is 10.1. The summed E-state index contributed by atoms with van der Waals surface area (Å²) in [6.07, 6.45) is 3.88. The van der Waals surface area contributed by atoms with Crippen LogP contribution in [0.1, 0.15) is 25.0 Å². The van der Waals surface area contributed by atoms with Crippen LogP contribution in [-0.4, -0.2) is 30.2 Å². The summed E-state index contributed by atoms with van der Waals surface area (Å²) < 4.78 is 5.63. The number of carbonyl (C=O) groups is 1. The minimum absolute atomic E-state index is 0.239. The normalized spacial score (nSPS) is 18.1. The van der Waals surface area contributed by atoms with Crippen molar-refractivity contribution in [3.05, 3.63) is 17.9 Å². The largest absolute Gasteiger partial charge is 0.480 e. The number of carboxylic acids is 1. The number of rotatable bonds is 4. The van der Waals surface area contributed by atoms with E-state index in [1.807, 2.05) is 12.1 Å². The van der Waals surface area contributed by atoms with Gasteiger partial charge in [-0.05, 0) is 25.3 Å². The van der Waals surface area contributed by atoms with Crippen molar-refractivity contribution >= 4 is 11.9 Å². The maximum Gasteiger partial charge on any atom is 0.320 e. The van der Waals surface area contributed by atoms with Crippen LogP contribution in [0.4, 0.5) is 5.88 Å². The van der Waals surface area contributed by atoms with E-state index >= 15 is 0 Å². The van der Waals surface area contributed by atoms with Gasteiger partial charge in [-0.2, -0.15) is 0 Å². The third-order valence-electron chi connectivity index (χ3n) is 3.05. The highest BCUT2D eigenvalue weighted by atomic mass is 16.4. The summed E-state index contributed by atoms with van der Waals surface area (Å²) in [5, 5.41) is 8.72. The lowest BCUT2D eigenvalue weighted by molar-refractivity contribution is -0.138. The molecule has 0 amide bonds. The Morgan fingerprint density at radius 2 is 2.12 bits per heavy atom. The van der Waals surface area contributed by atoms with Crippen molar-refractivity contribution in [2.75, 3.05) is 18.0 Å². The molecular formula is C12H18N2O3. The number of hydrogen-bond acceptors (Lipinski definition) is 4. The smallest absolute Gasteiger partial charge is 0.320 e. The molecule has 5 heteroatoms. The highest BCUT2D eigenvalue weighted by Crippen LogP contribution is 2.22. The van der Waals surface area contributed by atoms with Crippen LogP contribution in [0.25, 0.3) is 0 Å². The number of nitrogens with two attached hydrogens (primary N) is 1. The summed E-state index contributed by atoms with van der Waals surface area (Å²) in [5.41, 5.74) is 5.46. The number of hydrogen-bond donors (Lipinski definition) is 2. The maximum atomic E-state index is 10.6. The summed E-state index contributed by atoms with van der Waals surface area (Å²) in [6.45, 7) is 2.02. The Labute approximate surface area is 100 Å². The third-order valence-corrected chi connectivity index (χ3v) is 3.05. The van der Waals surface area contributed by atoms with Crippen LogP contribution >= 0.6 is 0 Å². The highest BCUT2D eigenvalue weighted by molar-refractivity contribution is 5.73. The van der Waals surface area contributed by atoms with Crippen LogP contribution in [0.15, 0.2) is 16.5 Å². The predicted molar refractivity (Wildman–Crippen MR) is 64.1 cm³/mol. The Balaban J connectivity index is 1.97. The van der Waals surface area contributed by atoms with E-state index in [1.165, 1.54) is 19.3 Å². The van der Waals surface area contributed by atoms with Crippen LogP contribution < -0.4 is 10.6 Å². The molecule has 0 bridgehead atoms. The molecule has 2 heterocycles. The third kappa shape index (κ3) is 3.00. The Bertz CT molecular complexity index is 383. The molecule has 1 aliphatic rings. The van der Waals surface area contributed by atoms with E-state index in [1.54, 1.807) is 0 Å². The average Bonchev–Trinajstić information content (AvgIpc) is 2.78. The van der Waals surface area contributed by atoms with Gasteiger partial charge in [0.05, 0.1) is 0 Å². The second-order valence-electron chi connectivity index (χ2n) is 4.44. The molecule has 0 aliphatic carbocycles. The van der Waals surface area contributed by atoms with Gasteiger partial charge in [-0.3, -0.25) is 4.79 Å². The lowest BCUT2D eigenvalue weighted by Crippen LogP contribution is -2.32. The van der Waals surface area contributed by atoms with E-state index in [4.69, 9.17) is 15.3 Å². The molecule has 2 rings (SSSR count). The molecule has 1 saturated heterocycles. The van der Waals surface area contributed by atoms with Crippen LogP contribution in [0.5, 0.6) is 0 Å². The zero-order valence-corrected chi connectivity index (χ0v) is 9.76. The van der Waals surface area contributed by atoms with Crippen molar-refractivity contribution in [1.82, 2.24) is 0 Å². The van der Waals surface area contributed by atoms with Crippen molar-refractivity contribution in [2.24, 2.45) is 5.73 Å². The standard InChI is InChI=1S/C12H18N2O3/c13-10(12(15)16)8-9-4-5-11(17-9)14-6-2-1-3-7-14/h4-5,10H,1-3,6-8,13H2,(H,15,16)/t10-/m1/s1. The zero-order chi connectivity index (χ0) is 12.3. The molecule has 5 nitrogen and oxygen atoms in total. The first-order valence-corrected chi connectivity index (χ1v) is 5.99. The molecule has 0 spiro atoms. The van der Waals surface area contributed by atoms with Gasteiger partial charge in [0, 0.05) is 25.6 Å². The summed E-state index contributed by atoms with van der Waals surface area (Å²) in [4.78, 5) is 12.8. The summed E-state index contributed by atoms with van der Waals surface area (Å²) in [7, 11) is 0. The average molecular weight is 238 g/mol. The van der Waals surface area contributed by atoms with E-state index in [9.17, 15) is 4.79 Å².